The Kier molecular flexibility index (Phi) is 5.75. The lowest BCUT2D eigenvalue weighted by Crippen LogP contribution is -2.53. The molecule has 1 N–H and O–H groups in total. The molecule has 0 bridgehead atoms. The highest BCUT2D eigenvalue weighted by Gasteiger charge is 2.26. The number of hydrogen-bond acceptors (Lipinski definition) is 5. The van der Waals surface area contributed by atoms with Gasteiger partial charge in [-0.25, -0.2) is 0 Å². The Morgan fingerprint density at radius 3 is 2.40 bits per heavy atom. The second-order valence-electron chi connectivity index (χ2n) is 5.12. The Morgan fingerprint density at radius 1 is 1.20 bits per heavy atom. The minimum atomic E-state index is -0.0121. The van der Waals surface area contributed by atoms with Crippen molar-refractivity contribution >= 4 is 11.8 Å². The van der Waals surface area contributed by atoms with Crippen molar-refractivity contribution in [1.29, 1.82) is 0 Å². The molecule has 2 amide bonds. The van der Waals surface area contributed by atoms with E-state index in [0.29, 0.717) is 45.8 Å². The quantitative estimate of drug-likeness (QED) is 0.694. The molecule has 0 aromatic heterocycles. The first kappa shape index (κ1) is 15.2. The second kappa shape index (κ2) is 7.56. The molecule has 1 atom stereocenters. The van der Waals surface area contributed by atoms with Gasteiger partial charge < -0.3 is 24.6 Å². The molecule has 2 heterocycles. The van der Waals surface area contributed by atoms with Gasteiger partial charge in [-0.2, -0.15) is 0 Å². The topological polar surface area (TPSA) is 71.1 Å². The lowest BCUT2D eigenvalue weighted by atomic mass is 10.1. The molecule has 2 aliphatic heterocycles. The van der Waals surface area contributed by atoms with E-state index in [1.807, 2.05) is 4.90 Å². The molecular weight excluding hydrogens is 262 g/mol. The zero-order valence-corrected chi connectivity index (χ0v) is 12.0. The second-order valence-corrected chi connectivity index (χ2v) is 5.12. The molecule has 114 valence electrons. The zero-order valence-electron chi connectivity index (χ0n) is 12.0. The Hall–Kier alpha value is -1.18. The van der Waals surface area contributed by atoms with Crippen molar-refractivity contribution in [3.05, 3.63) is 0 Å². The number of nitrogens with one attached hydrogen (secondary N) is 1. The average molecular weight is 285 g/mol. The molecule has 2 saturated heterocycles. The Balaban J connectivity index is 1.72. The largest absolute Gasteiger partial charge is 0.378 e. The van der Waals surface area contributed by atoms with Crippen molar-refractivity contribution in [3.8, 4) is 0 Å². The van der Waals surface area contributed by atoms with Gasteiger partial charge in [-0.05, 0) is 0 Å². The Bertz CT molecular complexity index is 337. The van der Waals surface area contributed by atoms with Gasteiger partial charge in [0.15, 0.2) is 0 Å². The fraction of sp³-hybridized carbons (Fsp3) is 0.846. The number of nitrogens with zero attached hydrogens (tertiary/aromatic N) is 2. The van der Waals surface area contributed by atoms with Crippen LogP contribution in [0.1, 0.15) is 6.42 Å². The highest BCUT2D eigenvalue weighted by molar-refractivity contribution is 5.79. The maximum absolute atomic E-state index is 12.2. The van der Waals surface area contributed by atoms with Gasteiger partial charge in [0.1, 0.15) is 6.61 Å². The SMILES string of the molecule is COCC(=O)N1CCN(C(=O)CC2COCCN2)CC1. The minimum Gasteiger partial charge on any atom is -0.378 e. The minimum absolute atomic E-state index is 0.0121. The first-order valence-electron chi connectivity index (χ1n) is 7.06. The number of morpholine rings is 1. The van der Waals surface area contributed by atoms with Crippen molar-refractivity contribution in [2.24, 2.45) is 0 Å². The summed E-state index contributed by atoms with van der Waals surface area (Å²) in [4.78, 5) is 27.4. The molecule has 0 aromatic carbocycles. The molecular formula is C13H23N3O4. The molecule has 0 radical (unpaired) electrons. The maximum Gasteiger partial charge on any atom is 0.248 e. The summed E-state index contributed by atoms with van der Waals surface area (Å²) >= 11 is 0. The predicted octanol–water partition coefficient (Wildman–Crippen LogP) is -1.32. The van der Waals surface area contributed by atoms with Gasteiger partial charge in [0.2, 0.25) is 11.8 Å². The average Bonchev–Trinajstić information content (AvgIpc) is 2.48. The zero-order chi connectivity index (χ0) is 14.4. The monoisotopic (exact) mass is 285 g/mol. The van der Waals surface area contributed by atoms with Gasteiger partial charge in [0, 0.05) is 52.3 Å². The van der Waals surface area contributed by atoms with E-state index in [9.17, 15) is 9.59 Å². The number of carbonyl (C=O) groups is 2. The standard InChI is InChI=1S/C13H23N3O4/c1-19-10-13(18)16-5-3-15(4-6-16)12(17)8-11-9-20-7-2-14-11/h11,14H,2-10H2,1H3. The van der Waals surface area contributed by atoms with Crippen LogP contribution in [0.25, 0.3) is 0 Å². The molecule has 1 unspecified atom stereocenters. The number of ether oxygens (including phenoxy) is 2. The van der Waals surface area contributed by atoms with Crippen molar-refractivity contribution in [2.75, 3.05) is 59.7 Å². The van der Waals surface area contributed by atoms with Crippen LogP contribution in [-0.2, 0) is 19.1 Å². The third kappa shape index (κ3) is 4.16. The lowest BCUT2D eigenvalue weighted by molar-refractivity contribution is -0.142. The van der Waals surface area contributed by atoms with Gasteiger partial charge in [-0.1, -0.05) is 0 Å². The molecule has 2 fully saturated rings. The molecule has 2 aliphatic rings. The number of carbonyl (C=O) groups excluding carboxylic acids is 2. The number of hydrogen-bond donors (Lipinski definition) is 1. The summed E-state index contributed by atoms with van der Waals surface area (Å²) in [6, 6.07) is 0.115. The Morgan fingerprint density at radius 2 is 1.85 bits per heavy atom. The van der Waals surface area contributed by atoms with Crippen molar-refractivity contribution in [3.63, 3.8) is 0 Å². The highest BCUT2D eigenvalue weighted by atomic mass is 16.5. The maximum atomic E-state index is 12.2. The summed E-state index contributed by atoms with van der Waals surface area (Å²) < 4.78 is 10.2. The van der Waals surface area contributed by atoms with Gasteiger partial charge in [-0.3, -0.25) is 9.59 Å². The summed E-state index contributed by atoms with van der Waals surface area (Å²) in [6.45, 7) is 4.59. The lowest BCUT2D eigenvalue weighted by Gasteiger charge is -2.35. The smallest absolute Gasteiger partial charge is 0.248 e. The van der Waals surface area contributed by atoms with E-state index >= 15 is 0 Å². The highest BCUT2D eigenvalue weighted by Crippen LogP contribution is 2.07. The van der Waals surface area contributed by atoms with Gasteiger partial charge in [-0.15, -0.1) is 0 Å². The van der Waals surface area contributed by atoms with Crippen LogP contribution in [0.5, 0.6) is 0 Å². The molecule has 0 saturated carbocycles. The molecule has 0 aliphatic carbocycles. The van der Waals surface area contributed by atoms with Crippen LogP contribution in [-0.4, -0.2) is 87.3 Å². The van der Waals surface area contributed by atoms with Gasteiger partial charge in [0.25, 0.3) is 0 Å². The van der Waals surface area contributed by atoms with E-state index in [4.69, 9.17) is 9.47 Å². The van der Waals surface area contributed by atoms with Crippen LogP contribution in [0.3, 0.4) is 0 Å². The van der Waals surface area contributed by atoms with Crippen LogP contribution >= 0.6 is 0 Å². The predicted molar refractivity (Wildman–Crippen MR) is 72.3 cm³/mol. The first-order valence-corrected chi connectivity index (χ1v) is 7.06. The van der Waals surface area contributed by atoms with Crippen molar-refractivity contribution < 1.29 is 19.1 Å². The summed E-state index contributed by atoms with van der Waals surface area (Å²) in [6.07, 6.45) is 0.464. The molecule has 0 aromatic rings. The van der Waals surface area contributed by atoms with E-state index in [2.05, 4.69) is 5.32 Å². The third-order valence-electron chi connectivity index (χ3n) is 3.67. The number of methoxy groups -OCH3 is 1. The first-order chi connectivity index (χ1) is 9.70. The number of amides is 2. The van der Waals surface area contributed by atoms with E-state index < -0.39 is 0 Å². The Labute approximate surface area is 119 Å². The van der Waals surface area contributed by atoms with Crippen LogP contribution in [0.15, 0.2) is 0 Å². The van der Waals surface area contributed by atoms with E-state index in [1.54, 1.807) is 4.90 Å². The fourth-order valence-corrected chi connectivity index (χ4v) is 2.51. The molecule has 7 nitrogen and oxygen atoms in total. The summed E-state index contributed by atoms with van der Waals surface area (Å²) in [5.41, 5.74) is 0. The summed E-state index contributed by atoms with van der Waals surface area (Å²) in [5.74, 6) is 0.119. The fourth-order valence-electron chi connectivity index (χ4n) is 2.51. The molecule has 7 heteroatoms. The number of rotatable bonds is 4. The van der Waals surface area contributed by atoms with Gasteiger partial charge >= 0.3 is 0 Å². The third-order valence-corrected chi connectivity index (χ3v) is 3.67. The van der Waals surface area contributed by atoms with E-state index in [1.165, 1.54) is 7.11 Å². The van der Waals surface area contributed by atoms with E-state index in [-0.39, 0.29) is 24.5 Å². The number of piperazine rings is 1. The van der Waals surface area contributed by atoms with Crippen LogP contribution < -0.4 is 5.32 Å². The molecule has 0 spiro atoms. The summed E-state index contributed by atoms with van der Waals surface area (Å²) in [7, 11) is 1.51. The normalized spacial score (nSPS) is 23.8. The summed E-state index contributed by atoms with van der Waals surface area (Å²) in [5, 5.41) is 3.28. The van der Waals surface area contributed by atoms with E-state index in [0.717, 1.165) is 6.54 Å². The molecule has 2 rings (SSSR count). The van der Waals surface area contributed by atoms with Crippen molar-refractivity contribution in [1.82, 2.24) is 15.1 Å². The van der Waals surface area contributed by atoms with Crippen LogP contribution in [0, 0.1) is 0 Å². The molecule has 20 heavy (non-hydrogen) atoms. The van der Waals surface area contributed by atoms with Gasteiger partial charge in [0.05, 0.1) is 13.2 Å². The van der Waals surface area contributed by atoms with Crippen molar-refractivity contribution in [2.45, 2.75) is 12.5 Å². The van der Waals surface area contributed by atoms with Crippen LogP contribution in [0.4, 0.5) is 0 Å². The van der Waals surface area contributed by atoms with Crippen LogP contribution in [0.2, 0.25) is 0 Å².